The maximum Gasteiger partial charge on any atom is 0.259 e. The molecule has 0 aliphatic carbocycles. The van der Waals surface area contributed by atoms with Crippen LogP contribution in [0.2, 0.25) is 0 Å². The first-order chi connectivity index (χ1) is 13.6. The Hall–Kier alpha value is -3.29. The van der Waals surface area contributed by atoms with Crippen molar-refractivity contribution >= 4 is 5.91 Å². The Morgan fingerprint density at radius 1 is 1.29 bits per heavy atom. The highest BCUT2D eigenvalue weighted by Gasteiger charge is 2.26. The first-order valence-corrected chi connectivity index (χ1v) is 9.29. The molecule has 0 N–H and O–H groups in total. The van der Waals surface area contributed by atoms with Crippen LogP contribution in [0.5, 0.6) is 0 Å². The molecule has 0 aromatic carbocycles. The van der Waals surface area contributed by atoms with Gasteiger partial charge in [0.15, 0.2) is 0 Å². The summed E-state index contributed by atoms with van der Waals surface area (Å²) in [4.78, 5) is 35.3. The third kappa shape index (κ3) is 3.71. The normalized spacial score (nSPS) is 15.0. The summed E-state index contributed by atoms with van der Waals surface area (Å²) >= 11 is 0. The second-order valence-corrected chi connectivity index (χ2v) is 7.04. The van der Waals surface area contributed by atoms with Crippen LogP contribution in [0.15, 0.2) is 52.4 Å². The molecular formula is C20H21N5O3. The van der Waals surface area contributed by atoms with Crippen LogP contribution in [-0.4, -0.2) is 43.6 Å². The molecule has 144 valence electrons. The molecule has 4 rings (SSSR count). The maximum atomic E-state index is 12.5. The van der Waals surface area contributed by atoms with Crippen LogP contribution < -0.4 is 5.56 Å². The zero-order chi connectivity index (χ0) is 19.5. The van der Waals surface area contributed by atoms with E-state index in [1.807, 2.05) is 17.0 Å². The number of piperidine rings is 1. The second-order valence-electron chi connectivity index (χ2n) is 7.04. The zero-order valence-corrected chi connectivity index (χ0v) is 15.6. The van der Waals surface area contributed by atoms with Gasteiger partial charge in [-0.05, 0) is 37.8 Å². The Morgan fingerprint density at radius 2 is 2.11 bits per heavy atom. The maximum absolute atomic E-state index is 12.5. The quantitative estimate of drug-likeness (QED) is 0.689. The topological polar surface area (TPSA) is 94.1 Å². The molecule has 3 aromatic rings. The van der Waals surface area contributed by atoms with Gasteiger partial charge in [0.05, 0.1) is 18.2 Å². The van der Waals surface area contributed by atoms with E-state index in [2.05, 4.69) is 15.1 Å². The molecular weight excluding hydrogens is 358 g/mol. The van der Waals surface area contributed by atoms with Crippen molar-refractivity contribution in [3.8, 4) is 11.3 Å². The van der Waals surface area contributed by atoms with E-state index in [0.717, 1.165) is 18.4 Å². The number of amides is 1. The molecule has 8 nitrogen and oxygen atoms in total. The van der Waals surface area contributed by atoms with Crippen molar-refractivity contribution in [2.75, 3.05) is 13.1 Å². The van der Waals surface area contributed by atoms with E-state index in [4.69, 9.17) is 4.52 Å². The van der Waals surface area contributed by atoms with Crippen LogP contribution in [0.25, 0.3) is 11.3 Å². The van der Waals surface area contributed by atoms with Crippen LogP contribution in [0.1, 0.15) is 29.0 Å². The first-order valence-electron chi connectivity index (χ1n) is 9.29. The first kappa shape index (κ1) is 18.1. The van der Waals surface area contributed by atoms with Gasteiger partial charge in [-0.2, -0.15) is 0 Å². The molecule has 3 aromatic heterocycles. The fraction of sp³-hybridized carbons (Fsp3) is 0.350. The fourth-order valence-corrected chi connectivity index (χ4v) is 3.51. The number of carbonyl (C=O) groups is 1. The lowest BCUT2D eigenvalue weighted by atomic mass is 9.96. The zero-order valence-electron chi connectivity index (χ0n) is 15.6. The van der Waals surface area contributed by atoms with Gasteiger partial charge in [0, 0.05) is 43.7 Å². The molecule has 1 aliphatic heterocycles. The Morgan fingerprint density at radius 3 is 2.75 bits per heavy atom. The summed E-state index contributed by atoms with van der Waals surface area (Å²) in [7, 11) is 0. The third-order valence-corrected chi connectivity index (χ3v) is 5.17. The fourth-order valence-electron chi connectivity index (χ4n) is 3.51. The Bertz CT molecular complexity index is 1020. The van der Waals surface area contributed by atoms with Crippen molar-refractivity contribution in [1.29, 1.82) is 0 Å². The molecule has 1 fully saturated rings. The van der Waals surface area contributed by atoms with Gasteiger partial charge in [-0.25, -0.2) is 4.98 Å². The molecule has 0 saturated carbocycles. The van der Waals surface area contributed by atoms with Crippen molar-refractivity contribution in [2.24, 2.45) is 5.92 Å². The van der Waals surface area contributed by atoms with E-state index >= 15 is 0 Å². The van der Waals surface area contributed by atoms with Crippen molar-refractivity contribution in [3.63, 3.8) is 0 Å². The molecule has 8 heteroatoms. The van der Waals surface area contributed by atoms with Crippen LogP contribution in [-0.2, 0) is 6.54 Å². The summed E-state index contributed by atoms with van der Waals surface area (Å²) in [6.07, 6.45) is 8.13. The lowest BCUT2D eigenvalue weighted by molar-refractivity contribution is 0.0680. The number of rotatable bonds is 4. The van der Waals surface area contributed by atoms with Gasteiger partial charge in [0.2, 0.25) is 0 Å². The van der Waals surface area contributed by atoms with Crippen LogP contribution in [0.3, 0.4) is 0 Å². The molecule has 0 bridgehead atoms. The van der Waals surface area contributed by atoms with Crippen molar-refractivity contribution in [1.82, 2.24) is 24.6 Å². The molecule has 0 spiro atoms. The number of carbonyl (C=O) groups excluding carboxylic acids is 1. The molecule has 0 atom stereocenters. The van der Waals surface area contributed by atoms with Crippen molar-refractivity contribution < 1.29 is 9.32 Å². The van der Waals surface area contributed by atoms with E-state index in [9.17, 15) is 9.59 Å². The summed E-state index contributed by atoms with van der Waals surface area (Å²) in [5.74, 6) is 0.826. The molecule has 1 aliphatic rings. The van der Waals surface area contributed by atoms with Crippen molar-refractivity contribution in [3.05, 3.63) is 64.8 Å². The van der Waals surface area contributed by atoms with Crippen LogP contribution in [0, 0.1) is 12.8 Å². The van der Waals surface area contributed by atoms with Crippen LogP contribution >= 0.6 is 0 Å². The summed E-state index contributed by atoms with van der Waals surface area (Å²) in [6.45, 7) is 3.66. The van der Waals surface area contributed by atoms with E-state index in [-0.39, 0.29) is 11.5 Å². The van der Waals surface area contributed by atoms with E-state index in [1.165, 1.54) is 6.20 Å². The Kier molecular flexibility index (Phi) is 5.01. The smallest absolute Gasteiger partial charge is 0.259 e. The number of aromatic nitrogens is 4. The summed E-state index contributed by atoms with van der Waals surface area (Å²) < 4.78 is 6.63. The average molecular weight is 379 g/mol. The summed E-state index contributed by atoms with van der Waals surface area (Å²) in [5, 5.41) is 3.68. The lowest BCUT2D eigenvalue weighted by Crippen LogP contribution is -2.40. The van der Waals surface area contributed by atoms with E-state index < -0.39 is 0 Å². The number of hydrogen-bond acceptors (Lipinski definition) is 6. The van der Waals surface area contributed by atoms with Crippen LogP contribution in [0.4, 0.5) is 0 Å². The minimum Gasteiger partial charge on any atom is -0.361 e. The third-order valence-electron chi connectivity index (χ3n) is 5.17. The Balaban J connectivity index is 1.38. The number of hydrogen-bond donors (Lipinski definition) is 0. The predicted molar refractivity (Wildman–Crippen MR) is 102 cm³/mol. The number of likely N-dealkylation sites (tertiary alicyclic amines) is 1. The molecule has 0 unspecified atom stereocenters. The number of aryl methyl sites for hydroxylation is 1. The van der Waals surface area contributed by atoms with Crippen molar-refractivity contribution in [2.45, 2.75) is 26.3 Å². The van der Waals surface area contributed by atoms with Gasteiger partial charge in [-0.15, -0.1) is 0 Å². The predicted octanol–water partition coefficient (Wildman–Crippen LogP) is 2.15. The van der Waals surface area contributed by atoms with Gasteiger partial charge >= 0.3 is 0 Å². The van der Waals surface area contributed by atoms with Gasteiger partial charge in [-0.1, -0.05) is 5.16 Å². The minimum absolute atomic E-state index is 0.0446. The monoisotopic (exact) mass is 379 g/mol. The second kappa shape index (κ2) is 7.75. The van der Waals surface area contributed by atoms with Gasteiger partial charge < -0.3 is 9.42 Å². The SMILES string of the molecule is Cc1oncc1C(=O)N1CCC(Cn2cnc(-c3cccnc3)cc2=O)CC1. The molecule has 4 heterocycles. The van der Waals surface area contributed by atoms with Gasteiger partial charge in [0.1, 0.15) is 11.3 Å². The lowest BCUT2D eigenvalue weighted by Gasteiger charge is -2.32. The van der Waals surface area contributed by atoms with Gasteiger partial charge in [-0.3, -0.25) is 19.1 Å². The number of pyridine rings is 1. The highest BCUT2D eigenvalue weighted by Crippen LogP contribution is 2.21. The molecule has 1 saturated heterocycles. The average Bonchev–Trinajstić information content (AvgIpc) is 3.16. The minimum atomic E-state index is -0.0764. The van der Waals surface area contributed by atoms with E-state index in [1.54, 1.807) is 36.3 Å². The summed E-state index contributed by atoms with van der Waals surface area (Å²) in [6, 6.07) is 5.24. The molecule has 0 radical (unpaired) electrons. The largest absolute Gasteiger partial charge is 0.361 e. The standard InChI is InChI=1S/C20H21N5O3/c1-14-17(11-23-28-14)20(27)24-7-4-15(5-8-24)12-25-13-22-18(9-19(25)26)16-3-2-6-21-10-16/h2-3,6,9-11,13,15H,4-5,7-8,12H2,1H3. The highest BCUT2D eigenvalue weighted by molar-refractivity contribution is 5.94. The number of nitrogens with zero attached hydrogens (tertiary/aromatic N) is 5. The van der Waals surface area contributed by atoms with E-state index in [0.29, 0.717) is 42.6 Å². The molecule has 1 amide bonds. The summed E-state index contributed by atoms with van der Waals surface area (Å²) in [5.41, 5.74) is 1.89. The highest BCUT2D eigenvalue weighted by atomic mass is 16.5. The van der Waals surface area contributed by atoms with Gasteiger partial charge in [0.25, 0.3) is 11.5 Å². The molecule has 28 heavy (non-hydrogen) atoms. The Labute approximate surface area is 161 Å².